The van der Waals surface area contributed by atoms with E-state index in [1.54, 1.807) is 0 Å². The minimum atomic E-state index is -0.125. The second-order valence-electron chi connectivity index (χ2n) is 5.23. The van der Waals surface area contributed by atoms with E-state index in [4.69, 9.17) is 23.2 Å². The van der Waals surface area contributed by atoms with Crippen LogP contribution in [0.2, 0.25) is 5.02 Å². The van der Waals surface area contributed by atoms with Gasteiger partial charge in [-0.1, -0.05) is 11.6 Å². The lowest BCUT2D eigenvalue weighted by molar-refractivity contribution is 0.394. The van der Waals surface area contributed by atoms with Gasteiger partial charge in [-0.05, 0) is 45.9 Å². The van der Waals surface area contributed by atoms with Gasteiger partial charge in [-0.3, -0.25) is 0 Å². The summed E-state index contributed by atoms with van der Waals surface area (Å²) < 4.78 is 2.18. The van der Waals surface area contributed by atoms with Crippen molar-refractivity contribution in [3.05, 3.63) is 29.0 Å². The summed E-state index contributed by atoms with van der Waals surface area (Å²) in [5.41, 5.74) is 1.92. The predicted octanol–water partition coefficient (Wildman–Crippen LogP) is 4.74. The highest BCUT2D eigenvalue weighted by Crippen LogP contribution is 2.31. The maximum atomic E-state index is 6.21. The van der Waals surface area contributed by atoms with Gasteiger partial charge in [0.15, 0.2) is 0 Å². The predicted molar refractivity (Wildman–Crippen MR) is 74.0 cm³/mol. The molecule has 0 saturated heterocycles. The lowest BCUT2D eigenvalue weighted by Gasteiger charge is -2.25. The van der Waals surface area contributed by atoms with E-state index in [1.165, 1.54) is 0 Å². The first-order valence-corrected chi connectivity index (χ1v) is 6.44. The number of hydrogen-bond acceptors (Lipinski definition) is 1. The van der Waals surface area contributed by atoms with E-state index in [0.717, 1.165) is 16.9 Å². The molecule has 1 aromatic carbocycles. The third kappa shape index (κ3) is 2.29. The molecule has 0 fully saturated rings. The summed E-state index contributed by atoms with van der Waals surface area (Å²) in [6.07, 6.45) is 0. The fourth-order valence-electron chi connectivity index (χ4n) is 2.04. The number of fused-ring (bicyclic) bond motifs is 1. The van der Waals surface area contributed by atoms with E-state index >= 15 is 0 Å². The second kappa shape index (κ2) is 4.18. The van der Waals surface area contributed by atoms with Crippen LogP contribution in [0.1, 0.15) is 38.9 Å². The summed E-state index contributed by atoms with van der Waals surface area (Å²) in [6.45, 7) is 8.37. The molecule has 0 aliphatic rings. The molecule has 0 radical (unpaired) electrons. The molecule has 0 amide bonds. The largest absolute Gasteiger partial charge is 0.321 e. The van der Waals surface area contributed by atoms with Gasteiger partial charge in [-0.2, -0.15) is 0 Å². The van der Waals surface area contributed by atoms with E-state index in [1.807, 2.05) is 25.1 Å². The van der Waals surface area contributed by atoms with Crippen molar-refractivity contribution >= 4 is 34.2 Å². The van der Waals surface area contributed by atoms with Crippen LogP contribution in [0.5, 0.6) is 0 Å². The summed E-state index contributed by atoms with van der Waals surface area (Å²) in [7, 11) is 0. The first-order valence-electron chi connectivity index (χ1n) is 5.63. The van der Waals surface area contributed by atoms with Crippen LogP contribution >= 0.6 is 23.2 Å². The minimum absolute atomic E-state index is 0.0545. The van der Waals surface area contributed by atoms with Crippen LogP contribution in [0.25, 0.3) is 11.0 Å². The van der Waals surface area contributed by atoms with E-state index < -0.39 is 0 Å². The van der Waals surface area contributed by atoms with Crippen LogP contribution in [0.15, 0.2) is 18.2 Å². The number of rotatable bonds is 1. The molecule has 0 N–H and O–H groups in total. The molecule has 2 rings (SSSR count). The van der Waals surface area contributed by atoms with Gasteiger partial charge >= 0.3 is 0 Å². The summed E-state index contributed by atoms with van der Waals surface area (Å²) in [6, 6.07) is 5.76. The number of hydrogen-bond donors (Lipinski definition) is 0. The second-order valence-corrected chi connectivity index (χ2v) is 6.32. The van der Waals surface area contributed by atoms with Crippen molar-refractivity contribution in [2.75, 3.05) is 0 Å². The molecule has 0 bridgehead atoms. The third-order valence-electron chi connectivity index (χ3n) is 2.67. The molecule has 1 heterocycles. The fraction of sp³-hybridized carbons (Fsp3) is 0.462. The normalized spacial score (nSPS) is 14.2. The Bertz CT molecular complexity index is 550. The van der Waals surface area contributed by atoms with Crippen LogP contribution in [0.4, 0.5) is 0 Å². The number of halogens is 2. The number of imidazole rings is 1. The standard InChI is InChI=1S/C13H16Cl2N2/c1-8(14)12-16-10-7-9(15)5-6-11(10)17(12)13(2,3)4/h5-8H,1-4H3. The van der Waals surface area contributed by atoms with Crippen molar-refractivity contribution in [3.8, 4) is 0 Å². The van der Waals surface area contributed by atoms with E-state index in [0.29, 0.717) is 5.02 Å². The molecule has 0 aliphatic carbocycles. The number of alkyl halides is 1. The molecule has 1 aromatic heterocycles. The Hall–Kier alpha value is -0.730. The van der Waals surface area contributed by atoms with Gasteiger partial charge < -0.3 is 4.57 Å². The Kier molecular flexibility index (Phi) is 3.13. The Balaban J connectivity index is 2.81. The zero-order valence-corrected chi connectivity index (χ0v) is 12.0. The van der Waals surface area contributed by atoms with Gasteiger partial charge in [0.1, 0.15) is 5.82 Å². The van der Waals surface area contributed by atoms with Crippen molar-refractivity contribution in [1.82, 2.24) is 9.55 Å². The Morgan fingerprint density at radius 3 is 2.47 bits per heavy atom. The molecule has 1 unspecified atom stereocenters. The molecule has 0 aliphatic heterocycles. The van der Waals surface area contributed by atoms with Gasteiger partial charge in [-0.15, -0.1) is 11.6 Å². The van der Waals surface area contributed by atoms with Crippen LogP contribution in [-0.2, 0) is 5.54 Å². The molecule has 2 aromatic rings. The lowest BCUT2D eigenvalue weighted by Crippen LogP contribution is -2.24. The SMILES string of the molecule is CC(Cl)c1nc2cc(Cl)ccc2n1C(C)(C)C. The van der Waals surface area contributed by atoms with E-state index in [-0.39, 0.29) is 10.9 Å². The molecule has 1 atom stereocenters. The maximum Gasteiger partial charge on any atom is 0.128 e. The third-order valence-corrected chi connectivity index (χ3v) is 3.10. The van der Waals surface area contributed by atoms with Gasteiger partial charge in [-0.25, -0.2) is 4.98 Å². The Morgan fingerprint density at radius 1 is 1.29 bits per heavy atom. The molecule has 2 nitrogen and oxygen atoms in total. The smallest absolute Gasteiger partial charge is 0.128 e. The summed E-state index contributed by atoms with van der Waals surface area (Å²) in [4.78, 5) is 4.59. The fourth-order valence-corrected chi connectivity index (χ4v) is 2.36. The Labute approximate surface area is 112 Å². The quantitative estimate of drug-likeness (QED) is 0.685. The van der Waals surface area contributed by atoms with Crippen molar-refractivity contribution < 1.29 is 0 Å². The van der Waals surface area contributed by atoms with E-state index in [2.05, 4.69) is 30.3 Å². The van der Waals surface area contributed by atoms with Crippen LogP contribution in [-0.4, -0.2) is 9.55 Å². The van der Waals surface area contributed by atoms with Crippen molar-refractivity contribution in [2.24, 2.45) is 0 Å². The molecule has 4 heteroatoms. The van der Waals surface area contributed by atoms with E-state index in [9.17, 15) is 0 Å². The zero-order chi connectivity index (χ0) is 12.8. The first-order chi connectivity index (χ1) is 7.80. The van der Waals surface area contributed by atoms with Crippen LogP contribution < -0.4 is 0 Å². The summed E-state index contributed by atoms with van der Waals surface area (Å²) in [5, 5.41) is 0.574. The molecule has 92 valence electrons. The van der Waals surface area contributed by atoms with Crippen molar-refractivity contribution in [1.29, 1.82) is 0 Å². The van der Waals surface area contributed by atoms with Crippen LogP contribution in [0, 0.1) is 0 Å². The molecule has 17 heavy (non-hydrogen) atoms. The molecule has 0 saturated carbocycles. The highest BCUT2D eigenvalue weighted by atomic mass is 35.5. The number of benzene rings is 1. The topological polar surface area (TPSA) is 17.8 Å². The average Bonchev–Trinajstić information content (AvgIpc) is 2.55. The molecule has 0 spiro atoms. The molecular formula is C13H16Cl2N2. The maximum absolute atomic E-state index is 6.21. The van der Waals surface area contributed by atoms with Gasteiger partial charge in [0.2, 0.25) is 0 Å². The van der Waals surface area contributed by atoms with Gasteiger partial charge in [0.25, 0.3) is 0 Å². The van der Waals surface area contributed by atoms with Crippen molar-refractivity contribution in [3.63, 3.8) is 0 Å². The van der Waals surface area contributed by atoms with Gasteiger partial charge in [0.05, 0.1) is 16.4 Å². The zero-order valence-electron chi connectivity index (χ0n) is 10.5. The monoisotopic (exact) mass is 270 g/mol. The summed E-state index contributed by atoms with van der Waals surface area (Å²) >= 11 is 12.2. The van der Waals surface area contributed by atoms with Crippen LogP contribution in [0.3, 0.4) is 0 Å². The van der Waals surface area contributed by atoms with Crippen molar-refractivity contribution in [2.45, 2.75) is 38.6 Å². The van der Waals surface area contributed by atoms with Gasteiger partial charge in [0, 0.05) is 10.6 Å². The first kappa shape index (κ1) is 12.7. The highest BCUT2D eigenvalue weighted by molar-refractivity contribution is 6.31. The average molecular weight is 271 g/mol. The number of nitrogens with zero attached hydrogens (tertiary/aromatic N) is 2. The molecular weight excluding hydrogens is 255 g/mol. The minimum Gasteiger partial charge on any atom is -0.321 e. The summed E-state index contributed by atoms with van der Waals surface area (Å²) in [5.74, 6) is 0.886. The Morgan fingerprint density at radius 2 is 1.94 bits per heavy atom. The highest BCUT2D eigenvalue weighted by Gasteiger charge is 2.23. The lowest BCUT2D eigenvalue weighted by atomic mass is 10.1. The number of aromatic nitrogens is 2.